The van der Waals surface area contributed by atoms with Crippen LogP contribution < -0.4 is 0 Å². The number of thiophene rings is 1. The van der Waals surface area contributed by atoms with Gasteiger partial charge in [0.1, 0.15) is 4.88 Å². The average molecular weight is 399 g/mol. The van der Waals surface area contributed by atoms with Crippen molar-refractivity contribution < 1.29 is 30.9 Å². The fourth-order valence-electron chi connectivity index (χ4n) is 1.96. The minimum Gasteiger partial charge on any atom is -0.333 e. The molecular weight excluding hydrogens is 394 g/mol. The SMILES string of the molecule is FC(F)(F)c1cc(-c2noc(-c3sccc3Cl)n2)cc(C(F)(F)F)c1. The first-order valence-corrected chi connectivity index (χ1v) is 7.68. The Morgan fingerprint density at radius 1 is 0.960 bits per heavy atom. The molecule has 0 aliphatic heterocycles. The third-order valence-electron chi connectivity index (χ3n) is 3.08. The summed E-state index contributed by atoms with van der Waals surface area (Å²) in [6, 6.07) is 2.62. The highest BCUT2D eigenvalue weighted by Gasteiger charge is 2.37. The van der Waals surface area contributed by atoms with Crippen molar-refractivity contribution in [3.8, 4) is 22.2 Å². The number of hydrogen-bond donors (Lipinski definition) is 0. The molecule has 0 amide bonds. The highest BCUT2D eigenvalue weighted by atomic mass is 35.5. The number of halogens is 7. The van der Waals surface area contributed by atoms with E-state index in [1.807, 2.05) is 0 Å². The van der Waals surface area contributed by atoms with Gasteiger partial charge in [-0.15, -0.1) is 11.3 Å². The molecule has 0 aliphatic rings. The fraction of sp³-hybridized carbons (Fsp3) is 0.143. The van der Waals surface area contributed by atoms with Crippen LogP contribution in [0.2, 0.25) is 5.02 Å². The first kappa shape index (κ1) is 17.7. The van der Waals surface area contributed by atoms with Crippen molar-refractivity contribution in [3.05, 3.63) is 45.8 Å². The number of rotatable bonds is 2. The lowest BCUT2D eigenvalue weighted by atomic mass is 10.0. The molecule has 0 N–H and O–H groups in total. The second-order valence-corrected chi connectivity index (χ2v) is 6.14. The van der Waals surface area contributed by atoms with E-state index in [9.17, 15) is 26.3 Å². The lowest BCUT2D eigenvalue weighted by molar-refractivity contribution is -0.143. The third kappa shape index (κ3) is 3.64. The van der Waals surface area contributed by atoms with E-state index in [0.29, 0.717) is 17.0 Å². The van der Waals surface area contributed by atoms with E-state index in [1.54, 1.807) is 5.38 Å². The van der Waals surface area contributed by atoms with Crippen LogP contribution in [-0.4, -0.2) is 10.1 Å². The Balaban J connectivity index is 2.11. The Bertz CT molecular complexity index is 882. The molecule has 2 heterocycles. The van der Waals surface area contributed by atoms with Crippen LogP contribution in [-0.2, 0) is 12.4 Å². The van der Waals surface area contributed by atoms with Crippen LogP contribution in [0.15, 0.2) is 34.2 Å². The molecule has 3 rings (SSSR count). The predicted octanol–water partition coefficient (Wildman–Crippen LogP) is 6.16. The van der Waals surface area contributed by atoms with E-state index in [1.165, 1.54) is 6.07 Å². The summed E-state index contributed by atoms with van der Waals surface area (Å²) in [5.74, 6) is -0.503. The quantitative estimate of drug-likeness (QED) is 0.485. The molecule has 132 valence electrons. The molecule has 0 aliphatic carbocycles. The Hall–Kier alpha value is -2.07. The highest BCUT2D eigenvalue weighted by molar-refractivity contribution is 7.14. The molecule has 0 radical (unpaired) electrons. The number of hydrogen-bond acceptors (Lipinski definition) is 4. The predicted molar refractivity (Wildman–Crippen MR) is 78.1 cm³/mol. The molecule has 2 aromatic heterocycles. The van der Waals surface area contributed by atoms with E-state index < -0.39 is 34.9 Å². The molecule has 11 heteroatoms. The molecule has 0 bridgehead atoms. The molecule has 0 saturated carbocycles. The smallest absolute Gasteiger partial charge is 0.333 e. The summed E-state index contributed by atoms with van der Waals surface area (Å²) in [6.45, 7) is 0. The van der Waals surface area contributed by atoms with Crippen LogP contribution >= 0.6 is 22.9 Å². The Labute approximate surface area is 144 Å². The van der Waals surface area contributed by atoms with Gasteiger partial charge >= 0.3 is 12.4 Å². The molecule has 3 nitrogen and oxygen atoms in total. The second kappa shape index (κ2) is 6.03. The molecule has 0 unspecified atom stereocenters. The first-order chi connectivity index (χ1) is 11.6. The summed E-state index contributed by atoms with van der Waals surface area (Å²) >= 11 is 7.02. The van der Waals surface area contributed by atoms with Gasteiger partial charge < -0.3 is 4.52 Å². The van der Waals surface area contributed by atoms with Gasteiger partial charge in [0.05, 0.1) is 16.1 Å². The summed E-state index contributed by atoms with van der Waals surface area (Å²) in [4.78, 5) is 4.21. The number of benzene rings is 1. The van der Waals surface area contributed by atoms with Crippen LogP contribution in [0.5, 0.6) is 0 Å². The summed E-state index contributed by atoms with van der Waals surface area (Å²) in [5.41, 5.74) is -3.39. The molecule has 25 heavy (non-hydrogen) atoms. The van der Waals surface area contributed by atoms with E-state index >= 15 is 0 Å². The van der Waals surface area contributed by atoms with Crippen molar-refractivity contribution in [2.24, 2.45) is 0 Å². The average Bonchev–Trinajstić information content (AvgIpc) is 3.13. The minimum atomic E-state index is -4.96. The zero-order valence-electron chi connectivity index (χ0n) is 11.7. The fourth-order valence-corrected chi connectivity index (χ4v) is 3.02. The Morgan fingerprint density at radius 2 is 1.56 bits per heavy atom. The molecule has 3 aromatic rings. The lowest BCUT2D eigenvalue weighted by Crippen LogP contribution is -2.11. The van der Waals surface area contributed by atoms with Crippen LogP contribution in [0.4, 0.5) is 26.3 Å². The van der Waals surface area contributed by atoms with Gasteiger partial charge in [0.15, 0.2) is 0 Å². The van der Waals surface area contributed by atoms with Gasteiger partial charge in [0.25, 0.3) is 5.89 Å². The van der Waals surface area contributed by atoms with Crippen molar-refractivity contribution in [1.29, 1.82) is 0 Å². The largest absolute Gasteiger partial charge is 0.416 e. The molecule has 0 fully saturated rings. The van der Waals surface area contributed by atoms with Crippen LogP contribution in [0.1, 0.15) is 11.1 Å². The Kier molecular flexibility index (Phi) is 4.28. The maximum absolute atomic E-state index is 12.9. The summed E-state index contributed by atoms with van der Waals surface area (Å²) in [7, 11) is 0. The van der Waals surface area contributed by atoms with Gasteiger partial charge in [-0.25, -0.2) is 0 Å². The standard InChI is InChI=1S/C14H5ClF6N2OS/c15-9-1-2-25-10(9)12-22-11(23-24-12)6-3-7(13(16,17)18)5-8(4-6)14(19,20)21/h1-5H. The summed E-state index contributed by atoms with van der Waals surface area (Å²) < 4.78 is 82.2. The van der Waals surface area contributed by atoms with Crippen LogP contribution in [0, 0.1) is 0 Å². The number of alkyl halides is 6. The number of nitrogens with zero attached hydrogens (tertiary/aromatic N) is 2. The van der Waals surface area contributed by atoms with E-state index in [-0.39, 0.29) is 17.0 Å². The second-order valence-electron chi connectivity index (χ2n) is 4.82. The van der Waals surface area contributed by atoms with E-state index in [4.69, 9.17) is 16.1 Å². The van der Waals surface area contributed by atoms with Crippen LogP contribution in [0.25, 0.3) is 22.2 Å². The summed E-state index contributed by atoms with van der Waals surface area (Å²) in [6.07, 6.45) is -9.92. The van der Waals surface area contributed by atoms with Crippen LogP contribution in [0.3, 0.4) is 0 Å². The molecule has 0 atom stereocenters. The topological polar surface area (TPSA) is 38.9 Å². The Morgan fingerprint density at radius 3 is 2.04 bits per heavy atom. The van der Waals surface area contributed by atoms with Crippen molar-refractivity contribution in [2.45, 2.75) is 12.4 Å². The first-order valence-electron chi connectivity index (χ1n) is 6.42. The maximum Gasteiger partial charge on any atom is 0.416 e. The molecule has 1 aromatic carbocycles. The number of aromatic nitrogens is 2. The van der Waals surface area contributed by atoms with E-state index in [0.717, 1.165) is 11.3 Å². The highest BCUT2D eigenvalue weighted by Crippen LogP contribution is 2.39. The van der Waals surface area contributed by atoms with Crippen molar-refractivity contribution in [1.82, 2.24) is 10.1 Å². The molecular formula is C14H5ClF6N2OS. The van der Waals surface area contributed by atoms with Crippen molar-refractivity contribution >= 4 is 22.9 Å². The van der Waals surface area contributed by atoms with Gasteiger partial charge in [0.2, 0.25) is 5.82 Å². The summed E-state index contributed by atoms with van der Waals surface area (Å²) in [5, 5.41) is 5.35. The van der Waals surface area contributed by atoms with Gasteiger partial charge in [-0.3, -0.25) is 0 Å². The van der Waals surface area contributed by atoms with Gasteiger partial charge in [0, 0.05) is 5.56 Å². The third-order valence-corrected chi connectivity index (χ3v) is 4.41. The zero-order chi connectivity index (χ0) is 18.4. The van der Waals surface area contributed by atoms with Gasteiger partial charge in [-0.1, -0.05) is 16.8 Å². The van der Waals surface area contributed by atoms with Gasteiger partial charge in [-0.2, -0.15) is 31.3 Å². The monoisotopic (exact) mass is 398 g/mol. The molecule has 0 saturated heterocycles. The van der Waals surface area contributed by atoms with Crippen molar-refractivity contribution in [2.75, 3.05) is 0 Å². The normalized spacial score (nSPS) is 12.6. The maximum atomic E-state index is 12.9. The zero-order valence-corrected chi connectivity index (χ0v) is 13.3. The molecule has 0 spiro atoms. The minimum absolute atomic E-state index is 0.0284. The van der Waals surface area contributed by atoms with Crippen molar-refractivity contribution in [3.63, 3.8) is 0 Å². The van der Waals surface area contributed by atoms with Gasteiger partial charge in [-0.05, 0) is 29.6 Å². The van der Waals surface area contributed by atoms with E-state index in [2.05, 4.69) is 10.1 Å². The lowest BCUT2D eigenvalue weighted by Gasteiger charge is -2.12.